The molecule has 3 aromatic rings. The number of benzene rings is 2. The Morgan fingerprint density at radius 2 is 2.00 bits per heavy atom. The van der Waals surface area contributed by atoms with Gasteiger partial charge in [0.15, 0.2) is 0 Å². The van der Waals surface area contributed by atoms with Crippen LogP contribution in [0.2, 0.25) is 0 Å². The Morgan fingerprint density at radius 3 is 2.89 bits per heavy atom. The highest BCUT2D eigenvalue weighted by molar-refractivity contribution is 6.00. The summed E-state index contributed by atoms with van der Waals surface area (Å²) < 4.78 is 0. The van der Waals surface area contributed by atoms with Gasteiger partial charge in [0, 0.05) is 16.5 Å². The molecular weight excluding hydrogens is 236 g/mol. The van der Waals surface area contributed by atoms with E-state index in [0.29, 0.717) is 0 Å². The van der Waals surface area contributed by atoms with Crippen LogP contribution in [0, 0.1) is 0 Å². The summed E-state index contributed by atoms with van der Waals surface area (Å²) in [6, 6.07) is 12.2. The molecule has 0 spiro atoms. The van der Waals surface area contributed by atoms with Gasteiger partial charge < -0.3 is 0 Å². The molecule has 3 heteroatoms. The molecule has 3 nitrogen and oxygen atoms in total. The Bertz CT molecular complexity index is 802. The number of aryl methyl sites for hydroxylation is 2. The number of nitrogens with one attached hydrogen (secondary N) is 1. The predicted octanol–water partition coefficient (Wildman–Crippen LogP) is 3.14. The number of aldehydes is 1. The lowest BCUT2D eigenvalue weighted by atomic mass is 9.99. The van der Waals surface area contributed by atoms with Crippen molar-refractivity contribution in [3.8, 4) is 11.3 Å². The van der Waals surface area contributed by atoms with E-state index in [1.54, 1.807) is 0 Å². The predicted molar refractivity (Wildman–Crippen MR) is 74.3 cm³/mol. The molecule has 0 aliphatic heterocycles. The van der Waals surface area contributed by atoms with Crippen molar-refractivity contribution in [3.05, 3.63) is 53.1 Å². The van der Waals surface area contributed by atoms with Crippen molar-refractivity contribution in [1.82, 2.24) is 10.2 Å². The molecule has 1 aromatic heterocycles. The smallest absolute Gasteiger partial charge is 0.150 e. The maximum absolute atomic E-state index is 11.2. The summed E-state index contributed by atoms with van der Waals surface area (Å²) in [6.45, 7) is 0. The largest absolute Gasteiger partial charge is 0.298 e. The lowest BCUT2D eigenvalue weighted by Gasteiger charge is -2.04. The lowest BCUT2D eigenvalue weighted by molar-refractivity contribution is 0.112. The number of aromatic amines is 1. The van der Waals surface area contributed by atoms with E-state index in [1.165, 1.54) is 11.1 Å². The third-order valence-corrected chi connectivity index (χ3v) is 3.92. The van der Waals surface area contributed by atoms with Crippen LogP contribution in [-0.4, -0.2) is 16.5 Å². The minimum atomic E-state index is 0.781. The average molecular weight is 248 g/mol. The molecule has 0 atom stereocenters. The quantitative estimate of drug-likeness (QED) is 0.672. The first-order chi connectivity index (χ1) is 9.38. The summed E-state index contributed by atoms with van der Waals surface area (Å²) >= 11 is 0. The zero-order valence-electron chi connectivity index (χ0n) is 10.3. The van der Waals surface area contributed by atoms with Crippen LogP contribution in [0.15, 0.2) is 36.4 Å². The number of hydrogen-bond donors (Lipinski definition) is 1. The van der Waals surface area contributed by atoms with Crippen LogP contribution in [0.5, 0.6) is 0 Å². The molecule has 19 heavy (non-hydrogen) atoms. The number of rotatable bonds is 1. The van der Waals surface area contributed by atoms with Gasteiger partial charge in [-0.3, -0.25) is 9.89 Å². The van der Waals surface area contributed by atoms with E-state index in [0.717, 1.165) is 46.9 Å². The third kappa shape index (κ3) is 1.38. The molecular formula is C16H12N2O. The molecule has 4 rings (SSSR count). The van der Waals surface area contributed by atoms with Crippen LogP contribution >= 0.6 is 0 Å². The van der Waals surface area contributed by atoms with Gasteiger partial charge in [0.2, 0.25) is 0 Å². The van der Waals surface area contributed by atoms with Gasteiger partial charge in [-0.05, 0) is 36.1 Å². The second-order valence-corrected chi connectivity index (χ2v) is 4.90. The van der Waals surface area contributed by atoms with Gasteiger partial charge in [-0.15, -0.1) is 0 Å². The summed E-state index contributed by atoms with van der Waals surface area (Å²) in [5.41, 5.74) is 6.35. The third-order valence-electron chi connectivity index (χ3n) is 3.92. The molecule has 0 saturated carbocycles. The Labute approximate surface area is 110 Å². The molecule has 0 saturated heterocycles. The van der Waals surface area contributed by atoms with E-state index >= 15 is 0 Å². The Balaban J connectivity index is 2.15. The maximum atomic E-state index is 11.2. The number of H-pyrrole nitrogens is 1. The molecule has 0 fully saturated rings. The number of carbonyl (C=O) groups excluding carboxylic acids is 1. The number of nitrogens with zero attached hydrogens (tertiary/aromatic N) is 1. The minimum absolute atomic E-state index is 0.781. The van der Waals surface area contributed by atoms with E-state index in [9.17, 15) is 4.79 Å². The van der Waals surface area contributed by atoms with Crippen molar-refractivity contribution in [2.24, 2.45) is 0 Å². The monoisotopic (exact) mass is 248 g/mol. The number of fused-ring (bicyclic) bond motifs is 2. The van der Waals surface area contributed by atoms with E-state index in [1.807, 2.05) is 18.2 Å². The molecule has 0 unspecified atom stereocenters. The second-order valence-electron chi connectivity index (χ2n) is 4.90. The highest BCUT2D eigenvalue weighted by Gasteiger charge is 2.20. The van der Waals surface area contributed by atoms with Crippen LogP contribution in [0.1, 0.15) is 21.5 Å². The van der Waals surface area contributed by atoms with Crippen molar-refractivity contribution in [2.75, 3.05) is 0 Å². The topological polar surface area (TPSA) is 45.8 Å². The first-order valence-electron chi connectivity index (χ1n) is 6.42. The zero-order valence-corrected chi connectivity index (χ0v) is 10.3. The highest BCUT2D eigenvalue weighted by atomic mass is 16.1. The van der Waals surface area contributed by atoms with Gasteiger partial charge in [0.1, 0.15) is 12.0 Å². The molecule has 0 radical (unpaired) electrons. The minimum Gasteiger partial charge on any atom is -0.298 e. The molecule has 0 amide bonds. The van der Waals surface area contributed by atoms with E-state index in [-0.39, 0.29) is 0 Å². The molecule has 1 heterocycles. The fraction of sp³-hybridized carbons (Fsp3) is 0.125. The van der Waals surface area contributed by atoms with Gasteiger partial charge >= 0.3 is 0 Å². The molecule has 1 N–H and O–H groups in total. The van der Waals surface area contributed by atoms with Crippen LogP contribution < -0.4 is 0 Å². The summed E-state index contributed by atoms with van der Waals surface area (Å²) in [5, 5.41) is 8.64. The van der Waals surface area contributed by atoms with Crippen molar-refractivity contribution >= 4 is 17.2 Å². The molecule has 92 valence electrons. The maximum Gasteiger partial charge on any atom is 0.150 e. The second kappa shape index (κ2) is 3.79. The standard InChI is InChI=1S/C16H12N2O/c19-9-11-6-8-14-15-12(11)7-5-10-3-1-2-4-13(10)16(15)18-17-14/h1-4,6,8-9H,5,7H2,(H,17,18). The van der Waals surface area contributed by atoms with Crippen molar-refractivity contribution < 1.29 is 4.79 Å². The van der Waals surface area contributed by atoms with Crippen molar-refractivity contribution in [3.63, 3.8) is 0 Å². The number of aromatic nitrogens is 2. The van der Waals surface area contributed by atoms with Gasteiger partial charge in [0.25, 0.3) is 0 Å². The molecule has 2 aromatic carbocycles. The fourth-order valence-electron chi connectivity index (χ4n) is 3.00. The van der Waals surface area contributed by atoms with Crippen LogP contribution in [0.4, 0.5) is 0 Å². The molecule has 1 aliphatic rings. The van der Waals surface area contributed by atoms with Crippen LogP contribution in [-0.2, 0) is 12.8 Å². The van der Waals surface area contributed by atoms with Crippen molar-refractivity contribution in [1.29, 1.82) is 0 Å². The summed E-state index contributed by atoms with van der Waals surface area (Å²) in [6.07, 6.45) is 2.78. The van der Waals surface area contributed by atoms with E-state index in [2.05, 4.69) is 28.4 Å². The normalized spacial score (nSPS) is 13.1. The van der Waals surface area contributed by atoms with E-state index in [4.69, 9.17) is 0 Å². The first-order valence-corrected chi connectivity index (χ1v) is 6.42. The molecule has 0 bridgehead atoms. The number of hydrogen-bond acceptors (Lipinski definition) is 2. The Morgan fingerprint density at radius 1 is 1.11 bits per heavy atom. The van der Waals surface area contributed by atoms with E-state index < -0.39 is 0 Å². The van der Waals surface area contributed by atoms with Gasteiger partial charge in [0.05, 0.1) is 5.52 Å². The zero-order chi connectivity index (χ0) is 12.8. The van der Waals surface area contributed by atoms with Gasteiger partial charge in [-0.25, -0.2) is 0 Å². The highest BCUT2D eigenvalue weighted by Crippen LogP contribution is 2.36. The summed E-state index contributed by atoms with van der Waals surface area (Å²) in [5.74, 6) is 0. The Kier molecular flexibility index (Phi) is 2.09. The van der Waals surface area contributed by atoms with Gasteiger partial charge in [-0.1, -0.05) is 24.3 Å². The lowest BCUT2D eigenvalue weighted by Crippen LogP contribution is -1.95. The summed E-state index contributed by atoms with van der Waals surface area (Å²) in [7, 11) is 0. The average Bonchev–Trinajstić information content (AvgIpc) is 2.81. The van der Waals surface area contributed by atoms with Gasteiger partial charge in [-0.2, -0.15) is 5.10 Å². The fourth-order valence-corrected chi connectivity index (χ4v) is 3.00. The Hall–Kier alpha value is -2.42. The first kappa shape index (κ1) is 10.5. The summed E-state index contributed by atoms with van der Waals surface area (Å²) in [4.78, 5) is 11.2. The number of carbonyl (C=O) groups is 1. The SMILES string of the molecule is O=Cc1ccc2[nH]nc3c2c1CCc1ccccc1-3. The van der Waals surface area contributed by atoms with Crippen LogP contribution in [0.25, 0.3) is 22.2 Å². The molecule has 1 aliphatic carbocycles. The van der Waals surface area contributed by atoms with Crippen molar-refractivity contribution in [2.45, 2.75) is 12.8 Å². The van der Waals surface area contributed by atoms with Crippen LogP contribution in [0.3, 0.4) is 0 Å².